The molecule has 9 heteroatoms. The number of aromatic nitrogens is 1. The molecule has 3 heterocycles. The maximum absolute atomic E-state index is 14.9. The van der Waals surface area contributed by atoms with Gasteiger partial charge in [0.25, 0.3) is 0 Å². The number of nitrogens with one attached hydrogen (secondary N) is 2. The van der Waals surface area contributed by atoms with Gasteiger partial charge < -0.3 is 29.9 Å². The number of carbonyl (C=O) groups is 2. The summed E-state index contributed by atoms with van der Waals surface area (Å²) in [6.45, 7) is 5.41. The molecule has 0 bridgehead atoms. The molecule has 2 amide bonds. The van der Waals surface area contributed by atoms with Crippen molar-refractivity contribution >= 4 is 22.9 Å². The van der Waals surface area contributed by atoms with Crippen molar-refractivity contribution in [3.63, 3.8) is 0 Å². The largest absolute Gasteiger partial charge is 0.465 e. The number of fused-ring (bicyclic) bond motifs is 1. The number of hydrogen-bond acceptors (Lipinski definition) is 4. The van der Waals surface area contributed by atoms with Crippen molar-refractivity contribution in [3.05, 3.63) is 35.3 Å². The summed E-state index contributed by atoms with van der Waals surface area (Å²) in [5.41, 5.74) is 2.78. The van der Waals surface area contributed by atoms with Crippen molar-refractivity contribution in [2.45, 2.75) is 44.7 Å². The van der Waals surface area contributed by atoms with E-state index in [1.165, 1.54) is 6.07 Å². The minimum absolute atomic E-state index is 0.0191. The van der Waals surface area contributed by atoms with Gasteiger partial charge >= 0.3 is 6.09 Å². The molecule has 1 aromatic heterocycles. The van der Waals surface area contributed by atoms with E-state index in [2.05, 4.69) is 15.2 Å². The molecule has 8 nitrogen and oxygen atoms in total. The summed E-state index contributed by atoms with van der Waals surface area (Å²) in [5.74, 6) is -0.569. The zero-order valence-electron chi connectivity index (χ0n) is 19.3. The van der Waals surface area contributed by atoms with Crippen molar-refractivity contribution in [2.24, 2.45) is 5.92 Å². The Labute approximate surface area is 193 Å². The lowest BCUT2D eigenvalue weighted by Crippen LogP contribution is -2.49. The van der Waals surface area contributed by atoms with Crippen LogP contribution in [-0.4, -0.2) is 72.5 Å². The van der Waals surface area contributed by atoms with E-state index < -0.39 is 18.1 Å². The van der Waals surface area contributed by atoms with Gasteiger partial charge in [0.15, 0.2) is 0 Å². The number of carboxylic acid groups (broad SMARTS) is 1. The predicted molar refractivity (Wildman–Crippen MR) is 123 cm³/mol. The molecule has 4 rings (SSSR count). The van der Waals surface area contributed by atoms with Crippen molar-refractivity contribution in [2.75, 3.05) is 39.9 Å². The van der Waals surface area contributed by atoms with Crippen LogP contribution in [-0.2, 0) is 16.1 Å². The molecule has 2 aromatic rings. The number of methoxy groups -OCH3 is 1. The standard InChI is InChI=1S/C24H33FN4O4/c1-15-17-7-3-8-19(25)22(17)29(10-5-11-33-2)21(15)16-6-4-9-28(14-16)23(30)18-12-26-13-20(18)27-24(31)32/h3,7-8,16,18,20,26-27H,4-6,9-14H2,1-2H3,(H,31,32)/t16?,18-,20-/m1/s1. The van der Waals surface area contributed by atoms with Gasteiger partial charge in [-0.05, 0) is 37.8 Å². The van der Waals surface area contributed by atoms with Crippen LogP contribution in [0.5, 0.6) is 0 Å². The molecule has 2 aliphatic heterocycles. The number of likely N-dealkylation sites (tertiary alicyclic amines) is 1. The van der Waals surface area contributed by atoms with Crippen LogP contribution in [0.3, 0.4) is 0 Å². The summed E-state index contributed by atoms with van der Waals surface area (Å²) in [6, 6.07) is 4.78. The van der Waals surface area contributed by atoms with Gasteiger partial charge in [-0.3, -0.25) is 4.79 Å². The van der Waals surface area contributed by atoms with Gasteiger partial charge in [0.05, 0.1) is 17.5 Å². The number of benzene rings is 1. The van der Waals surface area contributed by atoms with E-state index in [1.807, 2.05) is 17.9 Å². The van der Waals surface area contributed by atoms with E-state index in [1.54, 1.807) is 13.2 Å². The Morgan fingerprint density at radius 3 is 2.91 bits per heavy atom. The first-order valence-corrected chi connectivity index (χ1v) is 11.7. The Kier molecular flexibility index (Phi) is 7.19. The molecule has 1 aromatic carbocycles. The van der Waals surface area contributed by atoms with Crippen LogP contribution in [0.2, 0.25) is 0 Å². The number of halogens is 1. The fourth-order valence-corrected chi connectivity index (χ4v) is 5.56. The van der Waals surface area contributed by atoms with Crippen LogP contribution in [0, 0.1) is 18.7 Å². The molecule has 1 unspecified atom stereocenters. The van der Waals surface area contributed by atoms with Gasteiger partial charge in [-0.15, -0.1) is 0 Å². The number of ether oxygens (including phenoxy) is 1. The van der Waals surface area contributed by atoms with Crippen LogP contribution < -0.4 is 10.6 Å². The van der Waals surface area contributed by atoms with Gasteiger partial charge in [-0.25, -0.2) is 9.18 Å². The van der Waals surface area contributed by atoms with Crippen molar-refractivity contribution in [1.82, 2.24) is 20.1 Å². The van der Waals surface area contributed by atoms with Crippen molar-refractivity contribution in [1.29, 1.82) is 0 Å². The van der Waals surface area contributed by atoms with E-state index in [0.29, 0.717) is 44.8 Å². The lowest BCUT2D eigenvalue weighted by molar-refractivity contribution is -0.136. The number of carbonyl (C=O) groups excluding carboxylic acids is 1. The third kappa shape index (κ3) is 4.70. The first kappa shape index (κ1) is 23.5. The smallest absolute Gasteiger partial charge is 0.404 e. The predicted octanol–water partition coefficient (Wildman–Crippen LogP) is 2.69. The third-order valence-corrected chi connectivity index (χ3v) is 7.03. The van der Waals surface area contributed by atoms with Crippen LogP contribution in [0.4, 0.5) is 9.18 Å². The highest BCUT2D eigenvalue weighted by molar-refractivity contribution is 5.86. The SMILES string of the molecule is COCCCn1c(C2CCCN(C(=O)[C@@H]3CNC[C@H]3NC(=O)O)C2)c(C)c2cccc(F)c21. The Bertz CT molecular complexity index is 1020. The molecule has 3 N–H and O–H groups in total. The number of para-hydroxylation sites is 1. The second-order valence-corrected chi connectivity index (χ2v) is 9.09. The minimum Gasteiger partial charge on any atom is -0.465 e. The van der Waals surface area contributed by atoms with Crippen molar-refractivity contribution < 1.29 is 23.8 Å². The summed E-state index contributed by atoms with van der Waals surface area (Å²) in [6.07, 6.45) is 1.44. The average molecular weight is 461 g/mol. The number of amides is 2. The first-order valence-electron chi connectivity index (χ1n) is 11.7. The summed E-state index contributed by atoms with van der Waals surface area (Å²) < 4.78 is 22.2. The molecule has 0 spiro atoms. The van der Waals surface area contributed by atoms with Crippen LogP contribution in [0.25, 0.3) is 10.9 Å². The maximum atomic E-state index is 14.9. The molecule has 0 aliphatic carbocycles. The topological polar surface area (TPSA) is 95.8 Å². The van der Waals surface area contributed by atoms with E-state index in [4.69, 9.17) is 9.84 Å². The number of hydrogen-bond donors (Lipinski definition) is 3. The molecule has 0 radical (unpaired) electrons. The number of aryl methyl sites for hydroxylation is 2. The van der Waals surface area contributed by atoms with Gasteiger partial charge in [0, 0.05) is 63.4 Å². The molecule has 3 atom stereocenters. The second kappa shape index (κ2) is 10.1. The van der Waals surface area contributed by atoms with Crippen LogP contribution in [0.15, 0.2) is 18.2 Å². The molecule has 0 saturated carbocycles. The number of rotatable bonds is 7. The molecule has 33 heavy (non-hydrogen) atoms. The fourth-order valence-electron chi connectivity index (χ4n) is 5.56. The Morgan fingerprint density at radius 2 is 2.15 bits per heavy atom. The molecule has 180 valence electrons. The lowest BCUT2D eigenvalue weighted by atomic mass is 9.90. The Morgan fingerprint density at radius 1 is 1.33 bits per heavy atom. The summed E-state index contributed by atoms with van der Waals surface area (Å²) >= 11 is 0. The summed E-state index contributed by atoms with van der Waals surface area (Å²) in [4.78, 5) is 26.3. The minimum atomic E-state index is -1.11. The van der Waals surface area contributed by atoms with Crippen molar-refractivity contribution in [3.8, 4) is 0 Å². The Balaban J connectivity index is 1.61. The average Bonchev–Trinajstić information content (AvgIpc) is 3.36. The second-order valence-electron chi connectivity index (χ2n) is 9.09. The quantitative estimate of drug-likeness (QED) is 0.552. The highest BCUT2D eigenvalue weighted by Gasteiger charge is 2.38. The number of piperidine rings is 1. The van der Waals surface area contributed by atoms with Gasteiger partial charge in [0.1, 0.15) is 5.82 Å². The summed E-state index contributed by atoms with van der Waals surface area (Å²) in [5, 5.41) is 15.6. The summed E-state index contributed by atoms with van der Waals surface area (Å²) in [7, 11) is 1.66. The fraction of sp³-hybridized carbons (Fsp3) is 0.583. The van der Waals surface area contributed by atoms with Crippen LogP contribution in [0.1, 0.15) is 36.4 Å². The van der Waals surface area contributed by atoms with Crippen LogP contribution >= 0.6 is 0 Å². The van der Waals surface area contributed by atoms with E-state index >= 15 is 0 Å². The maximum Gasteiger partial charge on any atom is 0.404 e. The highest BCUT2D eigenvalue weighted by Crippen LogP contribution is 2.37. The monoisotopic (exact) mass is 460 g/mol. The van der Waals surface area contributed by atoms with E-state index in [0.717, 1.165) is 35.9 Å². The van der Waals surface area contributed by atoms with Gasteiger partial charge in [-0.1, -0.05) is 12.1 Å². The van der Waals surface area contributed by atoms with E-state index in [9.17, 15) is 14.0 Å². The lowest BCUT2D eigenvalue weighted by Gasteiger charge is -2.36. The molecular formula is C24H33FN4O4. The molecule has 2 saturated heterocycles. The molecular weight excluding hydrogens is 427 g/mol. The normalized spacial score (nSPS) is 23.2. The molecule has 2 aliphatic rings. The van der Waals surface area contributed by atoms with Gasteiger partial charge in [-0.2, -0.15) is 0 Å². The zero-order valence-corrected chi connectivity index (χ0v) is 19.3. The third-order valence-electron chi connectivity index (χ3n) is 7.03. The highest BCUT2D eigenvalue weighted by atomic mass is 19.1. The Hall–Kier alpha value is -2.65. The zero-order chi connectivity index (χ0) is 23.5. The molecule has 2 fully saturated rings. The number of nitrogens with zero attached hydrogens (tertiary/aromatic N) is 2. The van der Waals surface area contributed by atoms with E-state index in [-0.39, 0.29) is 17.6 Å². The van der Waals surface area contributed by atoms with Gasteiger partial charge in [0.2, 0.25) is 5.91 Å². The first-order chi connectivity index (χ1) is 15.9.